The van der Waals surface area contributed by atoms with E-state index < -0.39 is 12.0 Å². The van der Waals surface area contributed by atoms with Crippen LogP contribution in [0.3, 0.4) is 0 Å². The smallest absolute Gasteiger partial charge is 0.338 e. The Kier molecular flexibility index (Phi) is 8.18. The quantitative estimate of drug-likeness (QED) is 0.211. The number of hydrogen-bond acceptors (Lipinski definition) is 7. The van der Waals surface area contributed by atoms with Crippen molar-refractivity contribution in [3.05, 3.63) is 111 Å². The van der Waals surface area contributed by atoms with Gasteiger partial charge in [-0.15, -0.1) is 0 Å². The van der Waals surface area contributed by atoms with Gasteiger partial charge in [-0.1, -0.05) is 54.1 Å². The molecule has 1 aliphatic heterocycles. The number of fused-ring (bicyclic) bond motifs is 1. The predicted molar refractivity (Wildman–Crippen MR) is 152 cm³/mol. The van der Waals surface area contributed by atoms with Crippen LogP contribution in [0.5, 0.6) is 11.5 Å². The van der Waals surface area contributed by atoms with Crippen LogP contribution in [-0.4, -0.2) is 27.3 Å². The zero-order chi connectivity index (χ0) is 27.4. The summed E-state index contributed by atoms with van der Waals surface area (Å²) in [7, 11) is 0. The zero-order valence-electron chi connectivity index (χ0n) is 21.4. The minimum atomic E-state index is -0.604. The van der Waals surface area contributed by atoms with Crippen LogP contribution >= 0.6 is 27.5 Å². The fraction of sp³-hybridized carbons (Fsp3) is 0.207. The molecule has 5 rings (SSSR count). The van der Waals surface area contributed by atoms with Crippen molar-refractivity contribution in [2.24, 2.45) is 0 Å². The van der Waals surface area contributed by atoms with Crippen LogP contribution in [-0.2, 0) is 22.7 Å². The highest BCUT2D eigenvalue weighted by atomic mass is 79.9. The molecule has 4 aromatic rings. The molecule has 0 fully saturated rings. The van der Waals surface area contributed by atoms with Gasteiger partial charge < -0.3 is 19.5 Å². The fourth-order valence-corrected chi connectivity index (χ4v) is 5.05. The number of carbonyl (C=O) groups excluding carboxylic acids is 1. The first-order valence-electron chi connectivity index (χ1n) is 12.4. The van der Waals surface area contributed by atoms with Gasteiger partial charge in [0.05, 0.1) is 16.7 Å². The van der Waals surface area contributed by atoms with Crippen LogP contribution in [0.25, 0.3) is 0 Å². The van der Waals surface area contributed by atoms with Gasteiger partial charge in [-0.05, 0) is 70.7 Å². The predicted octanol–water partition coefficient (Wildman–Crippen LogP) is 6.70. The first-order chi connectivity index (χ1) is 18.9. The van der Waals surface area contributed by atoms with Gasteiger partial charge in [0.15, 0.2) is 11.5 Å². The molecule has 200 valence electrons. The summed E-state index contributed by atoms with van der Waals surface area (Å²) >= 11 is 9.68. The molecule has 0 amide bonds. The molecule has 1 unspecified atom stereocenters. The lowest BCUT2D eigenvalue weighted by atomic mass is 9.95. The highest BCUT2D eigenvalue weighted by Crippen LogP contribution is 2.43. The van der Waals surface area contributed by atoms with E-state index in [1.165, 1.54) is 6.33 Å². The molecule has 8 nitrogen and oxygen atoms in total. The maximum atomic E-state index is 13.5. The van der Waals surface area contributed by atoms with E-state index in [2.05, 4.69) is 31.3 Å². The maximum absolute atomic E-state index is 13.5. The van der Waals surface area contributed by atoms with Crippen LogP contribution in [0.1, 0.15) is 36.6 Å². The van der Waals surface area contributed by atoms with Gasteiger partial charge in [0.25, 0.3) is 0 Å². The van der Waals surface area contributed by atoms with Crippen molar-refractivity contribution in [2.45, 2.75) is 33.1 Å². The van der Waals surface area contributed by atoms with Crippen molar-refractivity contribution in [3.8, 4) is 11.5 Å². The van der Waals surface area contributed by atoms with Crippen LogP contribution in [0.4, 0.5) is 5.95 Å². The Bertz CT molecular complexity index is 1510. The van der Waals surface area contributed by atoms with E-state index in [9.17, 15) is 4.79 Å². The third-order valence-corrected chi connectivity index (χ3v) is 7.01. The first kappa shape index (κ1) is 26.8. The number of esters is 1. The van der Waals surface area contributed by atoms with E-state index in [1.54, 1.807) is 4.68 Å². The largest absolute Gasteiger partial charge is 0.490 e. The van der Waals surface area contributed by atoms with Crippen molar-refractivity contribution in [3.63, 3.8) is 0 Å². The monoisotopic (exact) mass is 608 g/mol. The van der Waals surface area contributed by atoms with Crippen LogP contribution in [0.2, 0.25) is 5.02 Å². The Hall–Kier alpha value is -3.82. The van der Waals surface area contributed by atoms with Crippen LogP contribution in [0.15, 0.2) is 88.8 Å². The highest BCUT2D eigenvalue weighted by Gasteiger charge is 2.35. The summed E-state index contributed by atoms with van der Waals surface area (Å²) in [6.45, 7) is 4.63. The molecule has 39 heavy (non-hydrogen) atoms. The van der Waals surface area contributed by atoms with E-state index in [0.29, 0.717) is 51.4 Å². The molecule has 1 aliphatic rings. The van der Waals surface area contributed by atoms with Crippen molar-refractivity contribution in [1.29, 1.82) is 0 Å². The summed E-state index contributed by atoms with van der Waals surface area (Å²) in [4.78, 5) is 17.8. The number of carbonyl (C=O) groups is 1. The molecule has 1 atom stereocenters. The number of hydrogen-bond donors (Lipinski definition) is 1. The van der Waals surface area contributed by atoms with Gasteiger partial charge in [0.2, 0.25) is 5.95 Å². The molecule has 10 heteroatoms. The number of allylic oxidation sites excluding steroid dienone is 1. The molecular formula is C29H26BrClN4O4. The number of benzene rings is 3. The zero-order valence-corrected chi connectivity index (χ0v) is 23.7. The van der Waals surface area contributed by atoms with E-state index >= 15 is 0 Å². The lowest BCUT2D eigenvalue weighted by Gasteiger charge is -2.29. The molecule has 2 heterocycles. The summed E-state index contributed by atoms with van der Waals surface area (Å²) in [6, 6.07) is 20.2. The third kappa shape index (κ3) is 5.94. The SMILES string of the molecule is CCOc1cc(C2C(C(=O)OCc3ccccc3)=C(C)Nc3ncnn32)cc(Br)c1OCc1ccc(Cl)cc1. The van der Waals surface area contributed by atoms with Gasteiger partial charge in [0.1, 0.15) is 25.6 Å². The van der Waals surface area contributed by atoms with Gasteiger partial charge in [-0.3, -0.25) is 0 Å². The number of anilines is 1. The summed E-state index contributed by atoms with van der Waals surface area (Å²) in [5.41, 5.74) is 3.67. The first-order valence-corrected chi connectivity index (χ1v) is 13.5. The molecule has 0 aliphatic carbocycles. The Morgan fingerprint density at radius 1 is 1.05 bits per heavy atom. The Labute approximate surface area is 239 Å². The van der Waals surface area contributed by atoms with E-state index in [4.69, 9.17) is 25.8 Å². The number of nitrogens with one attached hydrogen (secondary N) is 1. The van der Waals surface area contributed by atoms with Crippen molar-refractivity contribution < 1.29 is 19.0 Å². The van der Waals surface area contributed by atoms with Crippen molar-refractivity contribution in [1.82, 2.24) is 14.8 Å². The van der Waals surface area contributed by atoms with Gasteiger partial charge in [0, 0.05) is 10.7 Å². The summed E-state index contributed by atoms with van der Waals surface area (Å²) < 4.78 is 20.2. The van der Waals surface area contributed by atoms with Gasteiger partial charge in [-0.25, -0.2) is 9.48 Å². The normalized spacial score (nSPS) is 14.4. The molecular weight excluding hydrogens is 584 g/mol. The van der Waals surface area contributed by atoms with Crippen molar-refractivity contribution >= 4 is 39.4 Å². The van der Waals surface area contributed by atoms with Crippen LogP contribution < -0.4 is 14.8 Å². The fourth-order valence-electron chi connectivity index (χ4n) is 4.35. The van der Waals surface area contributed by atoms with Crippen molar-refractivity contribution in [2.75, 3.05) is 11.9 Å². The molecule has 1 N–H and O–H groups in total. The minimum absolute atomic E-state index is 0.152. The number of nitrogens with zero attached hydrogens (tertiary/aromatic N) is 3. The third-order valence-electron chi connectivity index (χ3n) is 6.17. The summed E-state index contributed by atoms with van der Waals surface area (Å²) in [5.74, 6) is 1.16. The molecule has 0 radical (unpaired) electrons. The molecule has 0 bridgehead atoms. The second-order valence-corrected chi connectivity index (χ2v) is 10.1. The lowest BCUT2D eigenvalue weighted by Crippen LogP contribution is -2.29. The molecule has 0 spiro atoms. The standard InChI is InChI=1S/C29H26BrClN4O4/c1-3-37-24-14-21(13-23(30)27(24)38-15-20-9-11-22(31)12-10-20)26-25(18(2)34-29-32-17-33-35(26)29)28(36)39-16-19-7-5-4-6-8-19/h4-14,17,26H,3,15-16H2,1-2H3,(H,32,33,34). The molecule has 3 aromatic carbocycles. The Balaban J connectivity index is 1.48. The van der Waals surface area contributed by atoms with Gasteiger partial charge >= 0.3 is 5.97 Å². The average Bonchev–Trinajstić information content (AvgIpc) is 3.40. The number of rotatable bonds is 9. The van der Waals surface area contributed by atoms with Gasteiger partial charge in [-0.2, -0.15) is 10.1 Å². The topological polar surface area (TPSA) is 87.5 Å². The second kappa shape index (κ2) is 11.9. The minimum Gasteiger partial charge on any atom is -0.490 e. The summed E-state index contributed by atoms with van der Waals surface area (Å²) in [5, 5.41) is 8.24. The van der Waals surface area contributed by atoms with E-state index in [-0.39, 0.29) is 6.61 Å². The highest BCUT2D eigenvalue weighted by molar-refractivity contribution is 9.10. The molecule has 0 saturated heterocycles. The van der Waals surface area contributed by atoms with E-state index in [0.717, 1.165) is 16.7 Å². The average molecular weight is 610 g/mol. The summed E-state index contributed by atoms with van der Waals surface area (Å²) in [6.07, 6.45) is 1.45. The van der Waals surface area contributed by atoms with Crippen LogP contribution in [0, 0.1) is 0 Å². The number of ether oxygens (including phenoxy) is 3. The Morgan fingerprint density at radius 2 is 1.79 bits per heavy atom. The Morgan fingerprint density at radius 3 is 2.54 bits per heavy atom. The number of aromatic nitrogens is 3. The molecule has 0 saturated carbocycles. The van der Waals surface area contributed by atoms with E-state index in [1.807, 2.05) is 80.6 Å². The number of halogens is 2. The maximum Gasteiger partial charge on any atom is 0.338 e. The molecule has 1 aromatic heterocycles. The lowest BCUT2D eigenvalue weighted by molar-refractivity contribution is -0.140. The second-order valence-electron chi connectivity index (χ2n) is 8.83.